The van der Waals surface area contributed by atoms with E-state index in [9.17, 15) is 0 Å². The Morgan fingerprint density at radius 1 is 0.300 bits per heavy atom. The minimum atomic E-state index is -0.489. The minimum Gasteiger partial charge on any atom is -0.310 e. The van der Waals surface area contributed by atoms with E-state index in [-0.39, 0.29) is 21.7 Å². The van der Waals surface area contributed by atoms with Crippen LogP contribution in [0.5, 0.6) is 0 Å². The zero-order valence-electron chi connectivity index (χ0n) is 42.2. The second-order valence-electron chi connectivity index (χ2n) is 23.7. The maximum atomic E-state index is 2.65. The van der Waals surface area contributed by atoms with E-state index in [0.717, 1.165) is 18.5 Å². The Balaban J connectivity index is 1.14. The van der Waals surface area contributed by atoms with Crippen molar-refractivity contribution in [1.29, 1.82) is 0 Å². The van der Waals surface area contributed by atoms with E-state index in [0.29, 0.717) is 0 Å². The van der Waals surface area contributed by atoms with E-state index < -0.39 is 5.41 Å². The van der Waals surface area contributed by atoms with E-state index in [4.69, 9.17) is 0 Å². The van der Waals surface area contributed by atoms with Crippen LogP contribution in [0.3, 0.4) is 0 Å². The van der Waals surface area contributed by atoms with Gasteiger partial charge in [-0.05, 0) is 184 Å². The van der Waals surface area contributed by atoms with Gasteiger partial charge in [0.2, 0.25) is 0 Å². The molecule has 0 N–H and O–H groups in total. The first-order valence-electron chi connectivity index (χ1n) is 25.8. The van der Waals surface area contributed by atoms with Gasteiger partial charge >= 0.3 is 0 Å². The number of benzene rings is 9. The van der Waals surface area contributed by atoms with Crippen LogP contribution in [0.1, 0.15) is 126 Å². The van der Waals surface area contributed by atoms with Gasteiger partial charge in [-0.25, -0.2) is 0 Å². The Hall–Kier alpha value is -6.96. The van der Waals surface area contributed by atoms with E-state index in [1.165, 1.54) is 124 Å². The highest BCUT2D eigenvalue weighted by atomic mass is 15.1. The fraction of sp³-hybridized carbons (Fsp3) is 0.246. The molecule has 0 aliphatic heterocycles. The van der Waals surface area contributed by atoms with Crippen LogP contribution in [0.4, 0.5) is 17.1 Å². The maximum absolute atomic E-state index is 2.65. The first-order chi connectivity index (χ1) is 33.7. The quantitative estimate of drug-likeness (QED) is 0.166. The second-order valence-corrected chi connectivity index (χ2v) is 23.7. The average Bonchev–Trinajstić information content (AvgIpc) is 3.83. The van der Waals surface area contributed by atoms with Gasteiger partial charge in [-0.1, -0.05) is 201 Å². The first kappa shape index (κ1) is 43.1. The zero-order valence-corrected chi connectivity index (χ0v) is 42.2. The summed E-state index contributed by atoms with van der Waals surface area (Å²) < 4.78 is 0. The molecule has 0 atom stereocenters. The summed E-state index contributed by atoms with van der Waals surface area (Å²) in [4.78, 5) is 2.64. The lowest BCUT2D eigenvalue weighted by Crippen LogP contribution is -2.34. The summed E-state index contributed by atoms with van der Waals surface area (Å²) in [5.41, 5.74) is 25.0. The van der Waals surface area contributed by atoms with E-state index in [1.54, 1.807) is 0 Å². The molecule has 0 amide bonds. The molecule has 4 aliphatic rings. The molecule has 0 bridgehead atoms. The van der Waals surface area contributed by atoms with Gasteiger partial charge in [0.05, 0.1) is 11.1 Å². The summed E-state index contributed by atoms with van der Waals surface area (Å²) in [6.07, 6.45) is 4.64. The fourth-order valence-electron chi connectivity index (χ4n) is 13.8. The fourth-order valence-corrected chi connectivity index (χ4v) is 13.8. The van der Waals surface area contributed by atoms with Crippen LogP contribution in [0.2, 0.25) is 0 Å². The first-order valence-corrected chi connectivity index (χ1v) is 25.8. The van der Waals surface area contributed by atoms with Crippen LogP contribution in [-0.4, -0.2) is 0 Å². The standard InChI is InChI=1S/C69H63N/c1-65(2)36-37-67(5,6)62-41-49(34-35-59(62)65)70(48-32-30-45(31-33-48)47-29-28-44-18-9-10-19-46(44)40-47)63-43-61-54(42-55(63)53-23-17-27-60-64(53)68(7,8)39-38-66(60,3)4)52-22-13-16-26-58(52)69(61)56-24-14-11-20-50(56)51-21-12-15-25-57(51)69/h9-35,40-43H,36-39H2,1-8H3. The Labute approximate surface area is 415 Å². The van der Waals surface area contributed by atoms with E-state index in [2.05, 4.69) is 248 Å². The zero-order chi connectivity index (χ0) is 48.0. The Morgan fingerprint density at radius 3 is 1.46 bits per heavy atom. The highest BCUT2D eigenvalue weighted by Crippen LogP contribution is 2.65. The van der Waals surface area contributed by atoms with Crippen molar-refractivity contribution in [2.45, 2.75) is 108 Å². The summed E-state index contributed by atoms with van der Waals surface area (Å²) in [7, 11) is 0. The minimum absolute atomic E-state index is 0.0199. The molecular formula is C69H63N. The van der Waals surface area contributed by atoms with Crippen molar-refractivity contribution in [2.24, 2.45) is 0 Å². The molecule has 0 saturated heterocycles. The summed E-state index contributed by atoms with van der Waals surface area (Å²) >= 11 is 0. The lowest BCUT2D eigenvalue weighted by atomic mass is 9.61. The van der Waals surface area contributed by atoms with Gasteiger partial charge in [-0.15, -0.1) is 0 Å². The number of hydrogen-bond donors (Lipinski definition) is 0. The smallest absolute Gasteiger partial charge is 0.0726 e. The third-order valence-corrected chi connectivity index (χ3v) is 17.8. The number of anilines is 3. The maximum Gasteiger partial charge on any atom is 0.0726 e. The molecule has 70 heavy (non-hydrogen) atoms. The van der Waals surface area contributed by atoms with Crippen LogP contribution >= 0.6 is 0 Å². The van der Waals surface area contributed by atoms with Gasteiger partial charge in [0.15, 0.2) is 0 Å². The third kappa shape index (κ3) is 6.16. The van der Waals surface area contributed by atoms with Crippen molar-refractivity contribution in [1.82, 2.24) is 0 Å². The monoisotopic (exact) mass is 905 g/mol. The van der Waals surface area contributed by atoms with E-state index in [1.807, 2.05) is 0 Å². The molecule has 1 nitrogen and oxygen atoms in total. The van der Waals surface area contributed by atoms with Gasteiger partial charge in [-0.2, -0.15) is 0 Å². The number of nitrogens with zero attached hydrogens (tertiary/aromatic N) is 1. The van der Waals surface area contributed by atoms with Crippen molar-refractivity contribution in [2.75, 3.05) is 4.90 Å². The van der Waals surface area contributed by atoms with Crippen molar-refractivity contribution >= 4 is 27.8 Å². The van der Waals surface area contributed by atoms with Crippen molar-refractivity contribution < 1.29 is 0 Å². The van der Waals surface area contributed by atoms with Crippen LogP contribution < -0.4 is 4.90 Å². The highest BCUT2D eigenvalue weighted by Gasteiger charge is 2.52. The molecule has 9 aromatic carbocycles. The highest BCUT2D eigenvalue weighted by molar-refractivity contribution is 6.01. The molecule has 9 aromatic rings. The number of rotatable bonds is 5. The lowest BCUT2D eigenvalue weighted by molar-refractivity contribution is 0.332. The SMILES string of the molecule is CC1(C)CCC(C)(C)c2cc(N(c3ccc(-c4ccc5ccccc5c4)cc3)c3cc4c(cc3-c3cccc5c3C(C)(C)CCC5(C)C)-c3ccccc3C43c4ccccc4-c4ccccc43)ccc21. The predicted molar refractivity (Wildman–Crippen MR) is 296 cm³/mol. The topological polar surface area (TPSA) is 3.24 Å². The van der Waals surface area contributed by atoms with Crippen LogP contribution in [-0.2, 0) is 27.1 Å². The third-order valence-electron chi connectivity index (χ3n) is 17.8. The molecule has 0 radical (unpaired) electrons. The molecule has 1 heteroatoms. The number of hydrogen-bond acceptors (Lipinski definition) is 1. The van der Waals surface area contributed by atoms with Gasteiger partial charge in [-0.3, -0.25) is 0 Å². The van der Waals surface area contributed by atoms with Crippen molar-refractivity contribution in [3.63, 3.8) is 0 Å². The van der Waals surface area contributed by atoms with Gasteiger partial charge in [0.1, 0.15) is 0 Å². The Kier molecular flexibility index (Phi) is 9.25. The molecule has 0 fully saturated rings. The molecule has 0 heterocycles. The normalized spacial score (nSPS) is 17.8. The Bertz CT molecular complexity index is 3570. The molecule has 0 unspecified atom stereocenters. The van der Waals surface area contributed by atoms with E-state index >= 15 is 0 Å². The molecule has 0 aromatic heterocycles. The summed E-state index contributed by atoms with van der Waals surface area (Å²) in [5.74, 6) is 0. The summed E-state index contributed by atoms with van der Waals surface area (Å²) in [5, 5.41) is 2.52. The van der Waals surface area contributed by atoms with Crippen LogP contribution in [0.25, 0.3) is 55.3 Å². The molecule has 344 valence electrons. The number of fused-ring (bicyclic) bond motifs is 13. The van der Waals surface area contributed by atoms with Crippen LogP contribution in [0, 0.1) is 0 Å². The molecule has 0 saturated carbocycles. The van der Waals surface area contributed by atoms with Crippen molar-refractivity contribution in [3.8, 4) is 44.5 Å². The van der Waals surface area contributed by atoms with Gasteiger partial charge in [0, 0.05) is 16.9 Å². The lowest BCUT2D eigenvalue weighted by Gasteiger charge is -2.44. The summed E-state index contributed by atoms with van der Waals surface area (Å²) in [6.45, 7) is 19.7. The second kappa shape index (κ2) is 15.0. The largest absolute Gasteiger partial charge is 0.310 e. The molecule has 1 spiro atoms. The Morgan fingerprint density at radius 2 is 0.800 bits per heavy atom. The molecule has 13 rings (SSSR count). The van der Waals surface area contributed by atoms with Gasteiger partial charge in [0.25, 0.3) is 0 Å². The summed E-state index contributed by atoms with van der Waals surface area (Å²) in [6, 6.07) is 72.8. The van der Waals surface area contributed by atoms with Crippen molar-refractivity contribution in [3.05, 3.63) is 233 Å². The van der Waals surface area contributed by atoms with Crippen LogP contribution in [0.15, 0.2) is 188 Å². The average molecular weight is 906 g/mol. The van der Waals surface area contributed by atoms with Gasteiger partial charge < -0.3 is 4.90 Å². The predicted octanol–water partition coefficient (Wildman–Crippen LogP) is 18.7. The molecule has 4 aliphatic carbocycles. The molecular weight excluding hydrogens is 843 g/mol.